The van der Waals surface area contributed by atoms with Crippen LogP contribution in [0, 0.1) is 0 Å². The Labute approximate surface area is 138 Å². The lowest BCUT2D eigenvalue weighted by atomic mass is 9.99. The Bertz CT molecular complexity index is 697. The SMILES string of the molecule is COc1cccc2cccc(O[C@@H]3O[C@H](CO)[C@@H](O)[C@H](O)[C@H]3O)c12. The number of aliphatic hydroxyl groups is 4. The van der Waals surface area contributed by atoms with Gasteiger partial charge in [0, 0.05) is 0 Å². The molecule has 0 spiro atoms. The van der Waals surface area contributed by atoms with Gasteiger partial charge < -0.3 is 34.6 Å². The van der Waals surface area contributed by atoms with Crippen LogP contribution >= 0.6 is 0 Å². The zero-order valence-electron chi connectivity index (χ0n) is 13.1. The Morgan fingerprint density at radius 2 is 1.62 bits per heavy atom. The van der Waals surface area contributed by atoms with Gasteiger partial charge in [-0.25, -0.2) is 0 Å². The topological polar surface area (TPSA) is 109 Å². The van der Waals surface area contributed by atoms with Crippen LogP contribution in [0.1, 0.15) is 0 Å². The third-order valence-electron chi connectivity index (χ3n) is 4.14. The number of fused-ring (bicyclic) bond motifs is 1. The molecule has 0 radical (unpaired) electrons. The number of rotatable bonds is 4. The van der Waals surface area contributed by atoms with E-state index in [4.69, 9.17) is 14.2 Å². The van der Waals surface area contributed by atoms with Crippen molar-refractivity contribution in [3.63, 3.8) is 0 Å². The molecule has 0 aromatic heterocycles. The van der Waals surface area contributed by atoms with E-state index in [1.807, 2.05) is 18.2 Å². The molecular formula is C17H20O7. The first-order valence-corrected chi connectivity index (χ1v) is 7.59. The lowest BCUT2D eigenvalue weighted by molar-refractivity contribution is -0.277. The van der Waals surface area contributed by atoms with Gasteiger partial charge in [-0.15, -0.1) is 0 Å². The summed E-state index contributed by atoms with van der Waals surface area (Å²) in [4.78, 5) is 0. The van der Waals surface area contributed by atoms with Gasteiger partial charge in [-0.2, -0.15) is 0 Å². The number of hydrogen-bond acceptors (Lipinski definition) is 7. The minimum Gasteiger partial charge on any atom is -0.496 e. The summed E-state index contributed by atoms with van der Waals surface area (Å²) < 4.78 is 16.5. The van der Waals surface area contributed by atoms with Crippen molar-refractivity contribution in [2.75, 3.05) is 13.7 Å². The molecule has 0 bridgehead atoms. The Hall–Kier alpha value is -1.90. The molecule has 130 valence electrons. The molecule has 0 aliphatic carbocycles. The second-order valence-corrected chi connectivity index (χ2v) is 5.63. The lowest BCUT2D eigenvalue weighted by Crippen LogP contribution is -2.60. The van der Waals surface area contributed by atoms with Crippen molar-refractivity contribution in [3.05, 3.63) is 36.4 Å². The second kappa shape index (κ2) is 6.92. The number of aliphatic hydroxyl groups excluding tert-OH is 4. The van der Waals surface area contributed by atoms with Crippen molar-refractivity contribution < 1.29 is 34.6 Å². The zero-order valence-corrected chi connectivity index (χ0v) is 13.1. The van der Waals surface area contributed by atoms with E-state index in [9.17, 15) is 20.4 Å². The average molecular weight is 336 g/mol. The first-order chi connectivity index (χ1) is 11.6. The highest BCUT2D eigenvalue weighted by Crippen LogP contribution is 2.35. The fraction of sp³-hybridized carbons (Fsp3) is 0.412. The number of methoxy groups -OCH3 is 1. The molecule has 0 unspecified atom stereocenters. The first kappa shape index (κ1) is 16.9. The maximum atomic E-state index is 10.1. The van der Waals surface area contributed by atoms with Gasteiger partial charge in [-0.3, -0.25) is 0 Å². The van der Waals surface area contributed by atoms with Gasteiger partial charge in [-0.1, -0.05) is 24.3 Å². The summed E-state index contributed by atoms with van der Waals surface area (Å²) in [6.07, 6.45) is -6.64. The fourth-order valence-corrected chi connectivity index (χ4v) is 2.83. The summed E-state index contributed by atoms with van der Waals surface area (Å²) in [5, 5.41) is 40.6. The number of ether oxygens (including phenoxy) is 3. The van der Waals surface area contributed by atoms with Crippen LogP contribution in [0.25, 0.3) is 10.8 Å². The van der Waals surface area contributed by atoms with E-state index in [-0.39, 0.29) is 0 Å². The van der Waals surface area contributed by atoms with Gasteiger partial charge in [0.05, 0.1) is 19.1 Å². The summed E-state index contributed by atoms with van der Waals surface area (Å²) in [6, 6.07) is 10.9. The summed E-state index contributed by atoms with van der Waals surface area (Å²) >= 11 is 0. The fourth-order valence-electron chi connectivity index (χ4n) is 2.83. The maximum Gasteiger partial charge on any atom is 0.229 e. The number of benzene rings is 2. The molecule has 24 heavy (non-hydrogen) atoms. The summed E-state index contributed by atoms with van der Waals surface area (Å²) in [5.41, 5.74) is 0. The van der Waals surface area contributed by atoms with Gasteiger partial charge >= 0.3 is 0 Å². The van der Waals surface area contributed by atoms with Crippen molar-refractivity contribution in [2.24, 2.45) is 0 Å². The molecule has 3 rings (SSSR count). The van der Waals surface area contributed by atoms with Crippen LogP contribution in [-0.4, -0.2) is 64.8 Å². The Kier molecular flexibility index (Phi) is 4.88. The van der Waals surface area contributed by atoms with Crippen molar-refractivity contribution in [1.82, 2.24) is 0 Å². The Balaban J connectivity index is 1.94. The van der Waals surface area contributed by atoms with E-state index in [0.717, 1.165) is 5.39 Å². The highest BCUT2D eigenvalue weighted by Gasteiger charge is 2.44. The highest BCUT2D eigenvalue weighted by molar-refractivity contribution is 5.93. The van der Waals surface area contributed by atoms with E-state index < -0.39 is 37.3 Å². The molecule has 2 aromatic rings. The predicted molar refractivity (Wildman–Crippen MR) is 84.9 cm³/mol. The average Bonchev–Trinajstić information content (AvgIpc) is 2.61. The molecule has 7 heteroatoms. The molecule has 1 fully saturated rings. The molecule has 1 aliphatic rings. The summed E-state index contributed by atoms with van der Waals surface area (Å²) in [5.74, 6) is 0.988. The minimum absolute atomic E-state index is 0.397. The molecule has 1 heterocycles. The van der Waals surface area contributed by atoms with Crippen molar-refractivity contribution >= 4 is 10.8 Å². The first-order valence-electron chi connectivity index (χ1n) is 7.59. The van der Waals surface area contributed by atoms with E-state index in [0.29, 0.717) is 16.9 Å². The smallest absolute Gasteiger partial charge is 0.229 e. The molecule has 0 amide bonds. The van der Waals surface area contributed by atoms with Gasteiger partial charge in [0.1, 0.15) is 35.9 Å². The van der Waals surface area contributed by atoms with Crippen molar-refractivity contribution in [2.45, 2.75) is 30.7 Å². The van der Waals surface area contributed by atoms with Crippen LogP contribution in [-0.2, 0) is 4.74 Å². The molecular weight excluding hydrogens is 316 g/mol. The van der Waals surface area contributed by atoms with Gasteiger partial charge in [0.2, 0.25) is 6.29 Å². The summed E-state index contributed by atoms with van der Waals surface area (Å²) in [7, 11) is 1.54. The van der Waals surface area contributed by atoms with Gasteiger partial charge in [0.15, 0.2) is 0 Å². The van der Waals surface area contributed by atoms with Crippen LogP contribution in [0.5, 0.6) is 11.5 Å². The van der Waals surface area contributed by atoms with Crippen LogP contribution in [0.15, 0.2) is 36.4 Å². The molecule has 1 aliphatic heterocycles. The Morgan fingerprint density at radius 1 is 0.958 bits per heavy atom. The van der Waals surface area contributed by atoms with Gasteiger partial charge in [-0.05, 0) is 17.5 Å². The second-order valence-electron chi connectivity index (χ2n) is 5.63. The summed E-state index contributed by atoms with van der Waals surface area (Å²) in [6.45, 7) is -0.510. The number of hydrogen-bond donors (Lipinski definition) is 4. The molecule has 4 N–H and O–H groups in total. The zero-order chi connectivity index (χ0) is 17.3. The Morgan fingerprint density at radius 3 is 2.25 bits per heavy atom. The van der Waals surface area contributed by atoms with Crippen LogP contribution in [0.2, 0.25) is 0 Å². The van der Waals surface area contributed by atoms with E-state index in [1.54, 1.807) is 25.3 Å². The molecule has 1 saturated heterocycles. The molecule has 0 saturated carbocycles. The molecule has 7 nitrogen and oxygen atoms in total. The van der Waals surface area contributed by atoms with Crippen molar-refractivity contribution in [1.29, 1.82) is 0 Å². The van der Waals surface area contributed by atoms with Crippen LogP contribution < -0.4 is 9.47 Å². The predicted octanol–water partition coefficient (Wildman–Crippen LogP) is 0.0271. The van der Waals surface area contributed by atoms with E-state index in [2.05, 4.69) is 0 Å². The van der Waals surface area contributed by atoms with Crippen LogP contribution in [0.4, 0.5) is 0 Å². The minimum atomic E-state index is -1.49. The normalized spacial score (nSPS) is 30.3. The van der Waals surface area contributed by atoms with Crippen molar-refractivity contribution in [3.8, 4) is 11.5 Å². The highest BCUT2D eigenvalue weighted by atomic mass is 16.7. The molecule has 5 atom stereocenters. The third kappa shape index (κ3) is 2.92. The maximum absolute atomic E-state index is 10.1. The van der Waals surface area contributed by atoms with E-state index >= 15 is 0 Å². The standard InChI is InChI=1S/C17H20O7/c1-22-10-6-2-4-9-5-3-7-11(13(9)10)23-17-16(21)15(20)14(19)12(8-18)24-17/h2-7,12,14-21H,8H2,1H3/t12-,14-,15+,16-,17-/m1/s1. The van der Waals surface area contributed by atoms with E-state index in [1.165, 1.54) is 0 Å². The third-order valence-corrected chi connectivity index (χ3v) is 4.14. The van der Waals surface area contributed by atoms with Gasteiger partial charge in [0.25, 0.3) is 0 Å². The monoisotopic (exact) mass is 336 g/mol. The molecule has 2 aromatic carbocycles. The largest absolute Gasteiger partial charge is 0.496 e. The van der Waals surface area contributed by atoms with Crippen LogP contribution in [0.3, 0.4) is 0 Å². The lowest BCUT2D eigenvalue weighted by Gasteiger charge is -2.39. The quantitative estimate of drug-likeness (QED) is 0.624.